The quantitative estimate of drug-likeness (QED) is 0.802. The third-order valence-corrected chi connectivity index (χ3v) is 3.95. The van der Waals surface area contributed by atoms with Gasteiger partial charge in [-0.05, 0) is 31.2 Å². The molecular formula is C17H18ClN3. The minimum atomic E-state index is 0.598. The van der Waals surface area contributed by atoms with E-state index in [0.29, 0.717) is 11.6 Å². The molecule has 2 N–H and O–H groups in total. The number of benzene rings is 1. The maximum Gasteiger partial charge on any atom is 0.156 e. The first-order valence-corrected chi connectivity index (χ1v) is 7.47. The fourth-order valence-corrected chi connectivity index (χ4v) is 2.78. The molecule has 0 saturated heterocycles. The van der Waals surface area contributed by atoms with E-state index < -0.39 is 0 Å². The molecule has 3 aromatic rings. The van der Waals surface area contributed by atoms with Gasteiger partial charge in [-0.3, -0.25) is 0 Å². The number of fused-ring (bicyclic) bond motifs is 1. The van der Waals surface area contributed by atoms with Gasteiger partial charge >= 0.3 is 0 Å². The molecule has 0 amide bonds. The molecule has 0 aliphatic carbocycles. The van der Waals surface area contributed by atoms with Gasteiger partial charge in [0.15, 0.2) is 5.65 Å². The van der Waals surface area contributed by atoms with Crippen LogP contribution >= 0.6 is 11.6 Å². The van der Waals surface area contributed by atoms with Gasteiger partial charge in [-0.15, -0.1) is 0 Å². The fourth-order valence-electron chi connectivity index (χ4n) is 2.57. The van der Waals surface area contributed by atoms with Gasteiger partial charge in [0.25, 0.3) is 0 Å². The number of nitrogens with zero attached hydrogens (tertiary/aromatic N) is 2. The molecule has 21 heavy (non-hydrogen) atoms. The molecule has 2 aromatic heterocycles. The monoisotopic (exact) mass is 299 g/mol. The fraction of sp³-hybridized carbons (Fsp3) is 0.235. The first kappa shape index (κ1) is 14.1. The Morgan fingerprint density at radius 1 is 1.19 bits per heavy atom. The molecule has 0 aliphatic heterocycles. The van der Waals surface area contributed by atoms with E-state index in [-0.39, 0.29) is 0 Å². The molecule has 0 aliphatic rings. The van der Waals surface area contributed by atoms with E-state index in [2.05, 4.69) is 35.6 Å². The van der Waals surface area contributed by atoms with Crippen LogP contribution in [0.5, 0.6) is 0 Å². The molecule has 2 heterocycles. The van der Waals surface area contributed by atoms with Crippen LogP contribution in [0, 0.1) is 6.92 Å². The molecule has 0 fully saturated rings. The Balaban J connectivity index is 2.06. The molecule has 4 heteroatoms. The maximum atomic E-state index is 6.25. The molecule has 1 aromatic carbocycles. The molecular weight excluding hydrogens is 282 g/mol. The van der Waals surface area contributed by atoms with E-state index in [1.807, 2.05) is 18.3 Å². The molecule has 3 rings (SSSR count). The van der Waals surface area contributed by atoms with Gasteiger partial charge in [0.1, 0.15) is 0 Å². The molecule has 0 saturated carbocycles. The molecule has 0 radical (unpaired) electrons. The minimum Gasteiger partial charge on any atom is -0.330 e. The third-order valence-electron chi connectivity index (χ3n) is 3.66. The number of aromatic nitrogens is 2. The average molecular weight is 300 g/mol. The normalized spacial score (nSPS) is 11.2. The summed E-state index contributed by atoms with van der Waals surface area (Å²) in [6, 6.07) is 12.3. The van der Waals surface area contributed by atoms with Crippen molar-refractivity contribution in [3.05, 3.63) is 70.1 Å². The second kappa shape index (κ2) is 5.88. The van der Waals surface area contributed by atoms with Crippen LogP contribution in [0.25, 0.3) is 5.65 Å². The first-order chi connectivity index (χ1) is 10.2. The van der Waals surface area contributed by atoms with Crippen molar-refractivity contribution in [1.82, 2.24) is 9.38 Å². The van der Waals surface area contributed by atoms with Crippen molar-refractivity contribution in [2.24, 2.45) is 5.73 Å². The second-order valence-corrected chi connectivity index (χ2v) is 5.66. The van der Waals surface area contributed by atoms with Gasteiger partial charge in [-0.25, -0.2) is 4.98 Å². The Labute approximate surface area is 129 Å². The average Bonchev–Trinajstić information content (AvgIpc) is 2.82. The molecule has 0 unspecified atom stereocenters. The van der Waals surface area contributed by atoms with Crippen molar-refractivity contribution in [2.45, 2.75) is 19.8 Å². The van der Waals surface area contributed by atoms with Gasteiger partial charge in [-0.1, -0.05) is 41.4 Å². The van der Waals surface area contributed by atoms with Gasteiger partial charge < -0.3 is 10.1 Å². The highest BCUT2D eigenvalue weighted by Crippen LogP contribution is 2.22. The lowest BCUT2D eigenvalue weighted by Crippen LogP contribution is -2.07. The second-order valence-electron chi connectivity index (χ2n) is 5.26. The zero-order chi connectivity index (χ0) is 14.8. The number of nitrogens with two attached hydrogens (primary N) is 1. The Morgan fingerprint density at radius 2 is 1.95 bits per heavy atom. The smallest absolute Gasteiger partial charge is 0.156 e. The van der Waals surface area contributed by atoms with Crippen LogP contribution in [0.4, 0.5) is 0 Å². The van der Waals surface area contributed by atoms with Gasteiger partial charge in [0.05, 0.1) is 10.7 Å². The van der Waals surface area contributed by atoms with E-state index in [1.54, 1.807) is 0 Å². The summed E-state index contributed by atoms with van der Waals surface area (Å²) in [6.45, 7) is 2.69. The van der Waals surface area contributed by atoms with Crippen molar-refractivity contribution in [1.29, 1.82) is 0 Å². The number of rotatable bonds is 4. The summed E-state index contributed by atoms with van der Waals surface area (Å²) in [5.74, 6) is 0. The van der Waals surface area contributed by atoms with Crippen LogP contribution in [0.15, 0.2) is 42.6 Å². The van der Waals surface area contributed by atoms with Crippen LogP contribution in [0.2, 0.25) is 5.02 Å². The number of aryl methyl sites for hydroxylation is 1. The summed E-state index contributed by atoms with van der Waals surface area (Å²) < 4.78 is 2.05. The van der Waals surface area contributed by atoms with E-state index >= 15 is 0 Å². The lowest BCUT2D eigenvalue weighted by molar-refractivity contribution is 0.882. The number of pyridine rings is 1. The highest BCUT2D eigenvalue weighted by molar-refractivity contribution is 6.33. The Morgan fingerprint density at radius 3 is 2.67 bits per heavy atom. The SMILES string of the molecule is Cc1ccc(Cc2nc3c(Cl)cccn3c2CCN)cc1. The lowest BCUT2D eigenvalue weighted by Gasteiger charge is -2.04. The summed E-state index contributed by atoms with van der Waals surface area (Å²) in [5.41, 5.74) is 11.3. The van der Waals surface area contributed by atoms with Crippen LogP contribution < -0.4 is 5.73 Å². The topological polar surface area (TPSA) is 43.3 Å². The number of hydrogen-bond acceptors (Lipinski definition) is 2. The summed E-state index contributed by atoms with van der Waals surface area (Å²) in [5, 5.41) is 0.672. The predicted molar refractivity (Wildman–Crippen MR) is 86.9 cm³/mol. The predicted octanol–water partition coefficient (Wildman–Crippen LogP) is 3.39. The van der Waals surface area contributed by atoms with Crippen LogP contribution in [-0.4, -0.2) is 15.9 Å². The van der Waals surface area contributed by atoms with Crippen molar-refractivity contribution in [3.63, 3.8) is 0 Å². The minimum absolute atomic E-state index is 0.598. The lowest BCUT2D eigenvalue weighted by atomic mass is 10.1. The zero-order valence-electron chi connectivity index (χ0n) is 12.0. The molecule has 0 spiro atoms. The summed E-state index contributed by atoms with van der Waals surface area (Å²) >= 11 is 6.25. The van der Waals surface area contributed by atoms with E-state index in [1.165, 1.54) is 11.1 Å². The van der Waals surface area contributed by atoms with Crippen LogP contribution in [0.3, 0.4) is 0 Å². The molecule has 3 nitrogen and oxygen atoms in total. The highest BCUT2D eigenvalue weighted by atomic mass is 35.5. The largest absolute Gasteiger partial charge is 0.330 e. The molecule has 0 atom stereocenters. The third kappa shape index (κ3) is 2.80. The van der Waals surface area contributed by atoms with Crippen molar-refractivity contribution >= 4 is 17.2 Å². The van der Waals surface area contributed by atoms with Crippen molar-refractivity contribution < 1.29 is 0 Å². The van der Waals surface area contributed by atoms with E-state index in [4.69, 9.17) is 22.3 Å². The van der Waals surface area contributed by atoms with Crippen LogP contribution in [-0.2, 0) is 12.8 Å². The summed E-state index contributed by atoms with van der Waals surface area (Å²) in [4.78, 5) is 4.72. The Kier molecular flexibility index (Phi) is 3.95. The maximum absolute atomic E-state index is 6.25. The highest BCUT2D eigenvalue weighted by Gasteiger charge is 2.13. The molecule has 0 bridgehead atoms. The van der Waals surface area contributed by atoms with Crippen molar-refractivity contribution in [3.8, 4) is 0 Å². The van der Waals surface area contributed by atoms with Crippen LogP contribution in [0.1, 0.15) is 22.5 Å². The van der Waals surface area contributed by atoms with Crippen molar-refractivity contribution in [2.75, 3.05) is 6.54 Å². The Hall–Kier alpha value is -1.84. The summed E-state index contributed by atoms with van der Waals surface area (Å²) in [6.07, 6.45) is 3.59. The number of hydrogen-bond donors (Lipinski definition) is 1. The van der Waals surface area contributed by atoms with Gasteiger partial charge in [0.2, 0.25) is 0 Å². The number of halogens is 1. The zero-order valence-corrected chi connectivity index (χ0v) is 12.8. The molecule has 108 valence electrons. The Bertz CT molecular complexity index is 760. The van der Waals surface area contributed by atoms with Gasteiger partial charge in [0, 0.05) is 24.7 Å². The van der Waals surface area contributed by atoms with Gasteiger partial charge in [-0.2, -0.15) is 0 Å². The van der Waals surface area contributed by atoms with E-state index in [0.717, 1.165) is 29.9 Å². The first-order valence-electron chi connectivity index (χ1n) is 7.09. The standard InChI is InChI=1S/C17H18ClN3/c1-12-4-6-13(7-5-12)11-15-16(8-9-19)21-10-2-3-14(18)17(21)20-15/h2-7,10H,8-9,11,19H2,1H3. The number of imidazole rings is 1. The summed E-state index contributed by atoms with van der Waals surface area (Å²) in [7, 11) is 0. The van der Waals surface area contributed by atoms with E-state index in [9.17, 15) is 0 Å².